The van der Waals surface area contributed by atoms with Gasteiger partial charge >= 0.3 is 0 Å². The first-order chi connectivity index (χ1) is 19.1. The Hall–Kier alpha value is -4.16. The van der Waals surface area contributed by atoms with Gasteiger partial charge in [-0.1, -0.05) is 133 Å². The first-order valence-corrected chi connectivity index (χ1v) is 14.1. The second-order valence-corrected chi connectivity index (χ2v) is 10.6. The van der Waals surface area contributed by atoms with Crippen LogP contribution in [0.15, 0.2) is 109 Å². The van der Waals surface area contributed by atoms with Gasteiger partial charge in [0.15, 0.2) is 0 Å². The second-order valence-electron chi connectivity index (χ2n) is 10.6. The molecule has 8 rings (SSSR count). The Bertz CT molecular complexity index is 1570. The summed E-state index contributed by atoms with van der Waals surface area (Å²) in [7, 11) is 0. The molecule has 0 amide bonds. The first kappa shape index (κ1) is 26.4. The van der Waals surface area contributed by atoms with Crippen LogP contribution in [0.25, 0.3) is 23.8 Å². The number of aryl methyl sites for hydroxylation is 2. The van der Waals surface area contributed by atoms with Crippen molar-refractivity contribution in [3.8, 4) is 0 Å². The Morgan fingerprint density at radius 1 is 0.487 bits per heavy atom. The molecule has 39 heavy (non-hydrogen) atoms. The van der Waals surface area contributed by atoms with Crippen molar-refractivity contribution in [1.82, 2.24) is 0 Å². The van der Waals surface area contributed by atoms with Gasteiger partial charge in [-0.3, -0.25) is 0 Å². The van der Waals surface area contributed by atoms with Crippen molar-refractivity contribution < 1.29 is 0 Å². The van der Waals surface area contributed by atoms with E-state index < -0.39 is 0 Å². The maximum atomic E-state index is 2.28. The lowest BCUT2D eigenvalue weighted by atomic mass is 10.0. The molecule has 4 aromatic carbocycles. The predicted octanol–water partition coefficient (Wildman–Crippen LogP) is 10.0. The maximum absolute atomic E-state index is 2.28. The number of fused-ring (bicyclic) bond motifs is 4. The molecule has 0 saturated heterocycles. The molecule has 194 valence electrons. The lowest BCUT2D eigenvalue weighted by molar-refractivity contribution is 1.24. The van der Waals surface area contributed by atoms with Gasteiger partial charge in [-0.05, 0) is 102 Å². The highest BCUT2D eigenvalue weighted by Crippen LogP contribution is 2.26. The Labute approximate surface area is 234 Å². The van der Waals surface area contributed by atoms with Gasteiger partial charge in [0.25, 0.3) is 0 Å². The van der Waals surface area contributed by atoms with Crippen molar-refractivity contribution in [2.45, 2.75) is 46.5 Å². The molecule has 0 nitrogen and oxygen atoms in total. The van der Waals surface area contributed by atoms with Crippen LogP contribution in [0.4, 0.5) is 0 Å². The standard InChI is InChI=1S/3C10H10.C9H8/c1-8-4-2-5-9-6-3-7-10(8)9;1-8-5-6-9-3-2-4-10(9)7-8;1-8-6-7-9-4-2-3-5-10(8)9;1-2-5-9-7-3-6-8(9)4-1/h2-6H,7H2,1H3;2,4-7H,3H2,1H3;2-6H,7H2,1H3;1-6H,7H2. The summed E-state index contributed by atoms with van der Waals surface area (Å²) in [5, 5.41) is 0. The molecule has 0 radical (unpaired) electrons. The lowest BCUT2D eigenvalue weighted by Crippen LogP contribution is -1.84. The largest absolute Gasteiger partial charge is 0.0795 e. The Balaban J connectivity index is 0.000000105. The second kappa shape index (κ2) is 12.6. The summed E-state index contributed by atoms with van der Waals surface area (Å²) in [6.07, 6.45) is 20.0. The van der Waals surface area contributed by atoms with E-state index in [4.69, 9.17) is 0 Å². The van der Waals surface area contributed by atoms with E-state index >= 15 is 0 Å². The molecule has 0 N–H and O–H groups in total. The van der Waals surface area contributed by atoms with Crippen molar-refractivity contribution in [3.05, 3.63) is 165 Å². The minimum atomic E-state index is 1.12. The number of benzene rings is 4. The van der Waals surface area contributed by atoms with Crippen molar-refractivity contribution >= 4 is 23.8 Å². The third-order valence-corrected chi connectivity index (χ3v) is 7.76. The molecule has 0 aliphatic heterocycles. The molecule has 0 unspecified atom stereocenters. The summed E-state index contributed by atoms with van der Waals surface area (Å²) >= 11 is 0. The molecule has 0 atom stereocenters. The van der Waals surface area contributed by atoms with Gasteiger partial charge < -0.3 is 0 Å². The number of rotatable bonds is 0. The minimum absolute atomic E-state index is 1.12. The van der Waals surface area contributed by atoms with Crippen molar-refractivity contribution in [2.24, 2.45) is 0 Å². The topological polar surface area (TPSA) is 0 Å². The zero-order valence-corrected chi connectivity index (χ0v) is 23.5. The molecule has 4 aliphatic rings. The predicted molar refractivity (Wildman–Crippen MR) is 171 cm³/mol. The average Bonchev–Trinajstić information content (AvgIpc) is 3.77. The number of hydrogen-bond acceptors (Lipinski definition) is 0. The fourth-order valence-electron chi connectivity index (χ4n) is 5.48. The van der Waals surface area contributed by atoms with E-state index in [2.05, 4.69) is 148 Å². The quantitative estimate of drug-likeness (QED) is 0.223. The molecule has 0 fully saturated rings. The molecule has 0 heteroatoms. The van der Waals surface area contributed by atoms with Crippen LogP contribution in [0.3, 0.4) is 0 Å². The van der Waals surface area contributed by atoms with Gasteiger partial charge in [-0.15, -0.1) is 0 Å². The zero-order valence-electron chi connectivity index (χ0n) is 23.5. The summed E-state index contributed by atoms with van der Waals surface area (Å²) in [6.45, 7) is 6.48. The lowest BCUT2D eigenvalue weighted by Gasteiger charge is -2.00. The summed E-state index contributed by atoms with van der Waals surface area (Å²) < 4.78 is 0. The summed E-state index contributed by atoms with van der Waals surface area (Å²) in [6, 6.07) is 30.2. The van der Waals surface area contributed by atoms with Gasteiger partial charge in [0.2, 0.25) is 0 Å². The highest BCUT2D eigenvalue weighted by atomic mass is 14.1. The third kappa shape index (κ3) is 6.65. The molecule has 0 saturated carbocycles. The van der Waals surface area contributed by atoms with Gasteiger partial charge in [-0.2, -0.15) is 0 Å². The van der Waals surface area contributed by atoms with Gasteiger partial charge in [-0.25, -0.2) is 0 Å². The molecular weight excluding hydrogens is 468 g/mol. The maximum Gasteiger partial charge on any atom is -0.00855 e. The van der Waals surface area contributed by atoms with Gasteiger partial charge in [0.1, 0.15) is 0 Å². The minimum Gasteiger partial charge on any atom is -0.0795 e. The molecule has 0 bridgehead atoms. The van der Waals surface area contributed by atoms with Crippen molar-refractivity contribution in [3.63, 3.8) is 0 Å². The average molecular weight is 507 g/mol. The van der Waals surface area contributed by atoms with E-state index in [9.17, 15) is 0 Å². The van der Waals surface area contributed by atoms with E-state index in [1.165, 1.54) is 61.2 Å². The summed E-state index contributed by atoms with van der Waals surface area (Å²) in [5.74, 6) is 0. The molecule has 0 heterocycles. The van der Waals surface area contributed by atoms with Crippen LogP contribution in [-0.2, 0) is 25.7 Å². The van der Waals surface area contributed by atoms with E-state index in [-0.39, 0.29) is 0 Å². The van der Waals surface area contributed by atoms with E-state index in [0.29, 0.717) is 0 Å². The Kier molecular flexibility index (Phi) is 8.54. The van der Waals surface area contributed by atoms with Crippen LogP contribution in [0.2, 0.25) is 0 Å². The van der Waals surface area contributed by atoms with E-state index in [0.717, 1.165) is 25.7 Å². The molecule has 4 aliphatic carbocycles. The van der Waals surface area contributed by atoms with Crippen molar-refractivity contribution in [2.75, 3.05) is 0 Å². The molecular formula is C39H38. The van der Waals surface area contributed by atoms with Gasteiger partial charge in [0.05, 0.1) is 0 Å². The summed E-state index contributed by atoms with van der Waals surface area (Å²) in [5.41, 5.74) is 15.7. The van der Waals surface area contributed by atoms with E-state index in [1.54, 1.807) is 0 Å². The van der Waals surface area contributed by atoms with Crippen LogP contribution in [0.1, 0.15) is 62.6 Å². The zero-order chi connectivity index (χ0) is 27.0. The molecule has 0 aromatic heterocycles. The molecule has 4 aromatic rings. The monoisotopic (exact) mass is 506 g/mol. The van der Waals surface area contributed by atoms with Crippen LogP contribution < -0.4 is 0 Å². The normalized spacial score (nSPS) is 14.0. The fourth-order valence-corrected chi connectivity index (χ4v) is 5.48. The SMILES string of the molecule is C1=Cc2ccccc2C1.CC1=CCc2ccccc21.Cc1ccc2c(c1)C=CC2.Cc1cccc2c1CC=C2. The van der Waals surface area contributed by atoms with Gasteiger partial charge in [0, 0.05) is 0 Å². The van der Waals surface area contributed by atoms with E-state index in [1.807, 2.05) is 0 Å². The van der Waals surface area contributed by atoms with Crippen LogP contribution in [-0.4, -0.2) is 0 Å². The highest BCUT2D eigenvalue weighted by molar-refractivity contribution is 5.71. The number of allylic oxidation sites excluding steroid dienone is 5. The third-order valence-electron chi connectivity index (χ3n) is 7.76. The first-order valence-electron chi connectivity index (χ1n) is 14.1. The highest BCUT2D eigenvalue weighted by Gasteiger charge is 2.08. The van der Waals surface area contributed by atoms with Crippen LogP contribution in [0, 0.1) is 13.8 Å². The number of hydrogen-bond donors (Lipinski definition) is 0. The molecule has 0 spiro atoms. The van der Waals surface area contributed by atoms with Crippen LogP contribution >= 0.6 is 0 Å². The Morgan fingerprint density at radius 3 is 1.90 bits per heavy atom. The fraction of sp³-hybridized carbons (Fsp3) is 0.179. The van der Waals surface area contributed by atoms with Crippen molar-refractivity contribution in [1.29, 1.82) is 0 Å². The smallest absolute Gasteiger partial charge is 0.00855 e. The summed E-state index contributed by atoms with van der Waals surface area (Å²) in [4.78, 5) is 0. The van der Waals surface area contributed by atoms with Crippen LogP contribution in [0.5, 0.6) is 0 Å². The Morgan fingerprint density at radius 2 is 1.13 bits per heavy atom.